The molecule has 1 saturated heterocycles. The summed E-state index contributed by atoms with van der Waals surface area (Å²) in [6, 6.07) is 1.80. The molecule has 1 aliphatic heterocycles. The van der Waals surface area contributed by atoms with E-state index >= 15 is 0 Å². The van der Waals surface area contributed by atoms with E-state index in [4.69, 9.17) is 4.74 Å². The summed E-state index contributed by atoms with van der Waals surface area (Å²) in [6.07, 6.45) is 2.85. The number of hydrogen-bond acceptors (Lipinski definition) is 8. The van der Waals surface area contributed by atoms with E-state index in [1.54, 1.807) is 23.6 Å². The molecule has 0 amide bonds. The molecule has 8 heteroatoms. The lowest BCUT2D eigenvalue weighted by molar-refractivity contribution is 0.284. The molecule has 0 aromatic carbocycles. The van der Waals surface area contributed by atoms with Gasteiger partial charge in [-0.1, -0.05) is 0 Å². The van der Waals surface area contributed by atoms with Gasteiger partial charge < -0.3 is 9.64 Å². The van der Waals surface area contributed by atoms with E-state index in [-0.39, 0.29) is 0 Å². The summed E-state index contributed by atoms with van der Waals surface area (Å²) in [6.45, 7) is 9.34. The maximum Gasteiger partial charge on any atom is 0.228 e. The van der Waals surface area contributed by atoms with E-state index in [0.29, 0.717) is 12.5 Å². The van der Waals surface area contributed by atoms with Gasteiger partial charge in [0.15, 0.2) is 0 Å². The van der Waals surface area contributed by atoms with Gasteiger partial charge in [0.05, 0.1) is 13.2 Å². The van der Waals surface area contributed by atoms with Crippen molar-refractivity contribution < 1.29 is 4.74 Å². The van der Waals surface area contributed by atoms with Gasteiger partial charge in [0.25, 0.3) is 0 Å². The van der Waals surface area contributed by atoms with Crippen LogP contribution in [0.2, 0.25) is 0 Å². The molecule has 2 aromatic heterocycles. The first-order valence-corrected chi connectivity index (χ1v) is 8.78. The molecular weight excluding hydrogens is 312 g/mol. The Hall–Kier alpha value is -1.80. The normalized spacial score (nSPS) is 16.3. The van der Waals surface area contributed by atoms with Gasteiger partial charge in [0, 0.05) is 38.4 Å². The maximum absolute atomic E-state index is 5.47. The van der Waals surface area contributed by atoms with Crippen molar-refractivity contribution in [3.8, 4) is 5.88 Å². The maximum atomic E-state index is 5.47. The van der Waals surface area contributed by atoms with Crippen LogP contribution in [-0.2, 0) is 6.54 Å². The lowest BCUT2D eigenvalue weighted by Gasteiger charge is -2.21. The minimum Gasteiger partial charge on any atom is -0.478 e. The van der Waals surface area contributed by atoms with E-state index in [1.807, 2.05) is 13.8 Å². The van der Waals surface area contributed by atoms with Crippen LogP contribution >= 0.6 is 11.3 Å². The second kappa shape index (κ2) is 7.65. The van der Waals surface area contributed by atoms with Gasteiger partial charge in [0.2, 0.25) is 11.8 Å². The lowest BCUT2D eigenvalue weighted by atomic mass is 10.4. The Bertz CT molecular complexity index is 634. The van der Waals surface area contributed by atoms with Crippen LogP contribution in [0.1, 0.15) is 23.4 Å². The van der Waals surface area contributed by atoms with Crippen molar-refractivity contribution >= 4 is 17.3 Å². The highest BCUT2D eigenvalue weighted by Gasteiger charge is 2.18. The summed E-state index contributed by atoms with van der Waals surface area (Å²) in [5.41, 5.74) is 0. The Morgan fingerprint density at radius 2 is 2.13 bits per heavy atom. The Morgan fingerprint density at radius 1 is 1.22 bits per heavy atom. The molecule has 23 heavy (non-hydrogen) atoms. The van der Waals surface area contributed by atoms with Crippen molar-refractivity contribution in [1.29, 1.82) is 0 Å². The van der Waals surface area contributed by atoms with Gasteiger partial charge in [0.1, 0.15) is 10.0 Å². The third kappa shape index (κ3) is 4.35. The third-order valence-corrected chi connectivity index (χ3v) is 4.53. The highest BCUT2D eigenvalue weighted by atomic mass is 32.1. The topological polar surface area (TPSA) is 67.3 Å². The molecule has 0 unspecified atom stereocenters. The van der Waals surface area contributed by atoms with Gasteiger partial charge in [-0.05, 0) is 20.3 Å². The minimum absolute atomic E-state index is 0.617. The molecule has 0 spiro atoms. The van der Waals surface area contributed by atoms with Crippen LogP contribution < -0.4 is 9.64 Å². The average Bonchev–Trinajstić information content (AvgIpc) is 2.82. The zero-order valence-electron chi connectivity index (χ0n) is 13.6. The first-order chi connectivity index (χ1) is 11.2. The zero-order chi connectivity index (χ0) is 16.1. The third-order valence-electron chi connectivity index (χ3n) is 3.71. The number of anilines is 1. The standard InChI is InChI=1S/C15H22N6OS/c1-3-22-13-5-6-16-15(17-13)21-8-4-7-20(9-10-21)11-14-19-18-12(2)23-14/h5-6H,3-4,7-11H2,1-2H3. The number of nitrogens with zero attached hydrogens (tertiary/aromatic N) is 6. The highest BCUT2D eigenvalue weighted by molar-refractivity contribution is 7.11. The highest BCUT2D eigenvalue weighted by Crippen LogP contribution is 2.17. The molecule has 2 aromatic rings. The quantitative estimate of drug-likeness (QED) is 0.825. The Labute approximate surface area is 140 Å². The van der Waals surface area contributed by atoms with Crippen LogP contribution in [0, 0.1) is 6.92 Å². The summed E-state index contributed by atoms with van der Waals surface area (Å²) in [4.78, 5) is 13.5. The number of aryl methyl sites for hydroxylation is 1. The van der Waals surface area contributed by atoms with E-state index in [0.717, 1.165) is 55.1 Å². The van der Waals surface area contributed by atoms with Crippen LogP contribution in [0.25, 0.3) is 0 Å². The van der Waals surface area contributed by atoms with Crippen molar-refractivity contribution in [1.82, 2.24) is 25.1 Å². The summed E-state index contributed by atoms with van der Waals surface area (Å²) in [5, 5.41) is 10.4. The minimum atomic E-state index is 0.617. The molecule has 3 rings (SSSR count). The predicted octanol–water partition coefficient (Wildman–Crippen LogP) is 1.75. The predicted molar refractivity (Wildman–Crippen MR) is 90.0 cm³/mol. The number of rotatable bonds is 5. The fraction of sp³-hybridized carbons (Fsp3) is 0.600. The molecule has 1 aliphatic rings. The fourth-order valence-corrected chi connectivity index (χ4v) is 3.39. The summed E-state index contributed by atoms with van der Waals surface area (Å²) in [7, 11) is 0. The van der Waals surface area contributed by atoms with Crippen molar-refractivity contribution in [3.63, 3.8) is 0 Å². The molecule has 3 heterocycles. The molecule has 7 nitrogen and oxygen atoms in total. The van der Waals surface area contributed by atoms with E-state index in [1.165, 1.54) is 0 Å². The first kappa shape index (κ1) is 16.1. The fourth-order valence-electron chi connectivity index (χ4n) is 2.63. The van der Waals surface area contributed by atoms with E-state index in [9.17, 15) is 0 Å². The molecule has 1 fully saturated rings. The summed E-state index contributed by atoms with van der Waals surface area (Å²) >= 11 is 1.67. The molecule has 0 N–H and O–H groups in total. The van der Waals surface area contributed by atoms with Crippen molar-refractivity contribution in [3.05, 3.63) is 22.3 Å². The van der Waals surface area contributed by atoms with E-state index in [2.05, 4.69) is 30.0 Å². The summed E-state index contributed by atoms with van der Waals surface area (Å²) < 4.78 is 5.47. The molecule has 124 valence electrons. The molecule has 0 saturated carbocycles. The van der Waals surface area contributed by atoms with Crippen molar-refractivity contribution in [2.75, 3.05) is 37.7 Å². The zero-order valence-corrected chi connectivity index (χ0v) is 14.4. The van der Waals surface area contributed by atoms with Gasteiger partial charge in [-0.2, -0.15) is 4.98 Å². The Morgan fingerprint density at radius 3 is 2.91 bits per heavy atom. The van der Waals surface area contributed by atoms with E-state index < -0.39 is 0 Å². The smallest absolute Gasteiger partial charge is 0.228 e. The second-order valence-electron chi connectivity index (χ2n) is 5.46. The average molecular weight is 334 g/mol. The van der Waals surface area contributed by atoms with Gasteiger partial charge in [-0.25, -0.2) is 4.98 Å². The Balaban J connectivity index is 1.60. The van der Waals surface area contributed by atoms with Gasteiger partial charge in [-0.3, -0.25) is 4.90 Å². The molecule has 0 atom stereocenters. The SMILES string of the molecule is CCOc1ccnc(N2CCCN(Cc3nnc(C)s3)CC2)n1. The van der Waals surface area contributed by atoms with Gasteiger partial charge in [-0.15, -0.1) is 21.5 Å². The first-order valence-electron chi connectivity index (χ1n) is 7.96. The second-order valence-corrected chi connectivity index (χ2v) is 6.73. The monoisotopic (exact) mass is 334 g/mol. The molecule has 0 aliphatic carbocycles. The Kier molecular flexibility index (Phi) is 5.35. The van der Waals surface area contributed by atoms with Crippen molar-refractivity contribution in [2.24, 2.45) is 0 Å². The van der Waals surface area contributed by atoms with Crippen LogP contribution in [-0.4, -0.2) is 57.9 Å². The number of aromatic nitrogens is 4. The van der Waals surface area contributed by atoms with Crippen LogP contribution in [0.3, 0.4) is 0 Å². The molecule has 0 radical (unpaired) electrons. The lowest BCUT2D eigenvalue weighted by Crippen LogP contribution is -2.31. The van der Waals surface area contributed by atoms with Crippen LogP contribution in [0.5, 0.6) is 5.88 Å². The molecular formula is C15H22N6OS. The number of hydrogen-bond donors (Lipinski definition) is 0. The summed E-state index contributed by atoms with van der Waals surface area (Å²) in [5.74, 6) is 1.40. The number of ether oxygens (including phenoxy) is 1. The van der Waals surface area contributed by atoms with Crippen LogP contribution in [0.15, 0.2) is 12.3 Å². The molecule has 0 bridgehead atoms. The largest absolute Gasteiger partial charge is 0.478 e. The van der Waals surface area contributed by atoms with Crippen LogP contribution in [0.4, 0.5) is 5.95 Å². The van der Waals surface area contributed by atoms with Crippen molar-refractivity contribution in [2.45, 2.75) is 26.8 Å². The van der Waals surface area contributed by atoms with Gasteiger partial charge >= 0.3 is 0 Å².